The largest absolute Gasteiger partial charge is 0.510 e. The fourth-order valence-corrected chi connectivity index (χ4v) is 7.38. The van der Waals surface area contributed by atoms with Gasteiger partial charge >= 0.3 is 5.97 Å². The first kappa shape index (κ1) is 20.7. The number of aliphatic hydroxyl groups excluding tert-OH is 3. The Balaban J connectivity index is 1.82. The quantitative estimate of drug-likeness (QED) is 0.394. The molecule has 160 valence electrons. The van der Waals surface area contributed by atoms with Crippen molar-refractivity contribution in [3.05, 3.63) is 11.3 Å². The molecule has 0 amide bonds. The molecule has 3 fully saturated rings. The van der Waals surface area contributed by atoms with E-state index in [1.54, 1.807) is 0 Å². The van der Waals surface area contributed by atoms with Gasteiger partial charge in [0.2, 0.25) is 0 Å². The van der Waals surface area contributed by atoms with E-state index in [1.165, 1.54) is 6.92 Å². The normalized spacial score (nSPS) is 51.5. The third-order valence-corrected chi connectivity index (χ3v) is 8.99. The minimum atomic E-state index is -1.61. The lowest BCUT2D eigenvalue weighted by Gasteiger charge is -2.60. The molecule has 4 rings (SSSR count). The van der Waals surface area contributed by atoms with E-state index in [2.05, 4.69) is 12.8 Å². The molecule has 0 aromatic rings. The molecule has 4 N–H and O–H groups in total. The topological polar surface area (TPSA) is 107 Å². The second kappa shape index (κ2) is 6.47. The van der Waals surface area contributed by atoms with Gasteiger partial charge in [0.15, 0.2) is 5.60 Å². The first-order valence-electron chi connectivity index (χ1n) is 10.7. The smallest absolute Gasteiger partial charge is 0.302 e. The molecule has 6 heteroatoms. The van der Waals surface area contributed by atoms with Gasteiger partial charge in [-0.3, -0.25) is 4.79 Å². The van der Waals surface area contributed by atoms with Crippen LogP contribution in [-0.2, 0) is 9.53 Å². The molecule has 4 unspecified atom stereocenters. The summed E-state index contributed by atoms with van der Waals surface area (Å²) in [7, 11) is 0. The third kappa shape index (κ3) is 2.57. The zero-order chi connectivity index (χ0) is 21.4. The van der Waals surface area contributed by atoms with Crippen LogP contribution in [0.5, 0.6) is 0 Å². The lowest BCUT2D eigenvalue weighted by atomic mass is 9.45. The van der Waals surface area contributed by atoms with Crippen LogP contribution in [0.25, 0.3) is 0 Å². The number of hydrogen-bond acceptors (Lipinski definition) is 6. The van der Waals surface area contributed by atoms with Gasteiger partial charge in [-0.25, -0.2) is 0 Å². The molecule has 0 aromatic carbocycles. The average molecular weight is 405 g/mol. The Hall–Kier alpha value is -1.55. The molecule has 0 aliphatic heterocycles. The predicted molar refractivity (Wildman–Crippen MR) is 105 cm³/mol. The molecule has 4 aliphatic rings. The number of hydrogen-bond donors (Lipinski definition) is 4. The number of rotatable bonds is 1. The monoisotopic (exact) mass is 404 g/mol. The molecule has 9 atom stereocenters. The Morgan fingerprint density at radius 3 is 2.52 bits per heavy atom. The Bertz CT molecular complexity index is 798. The van der Waals surface area contributed by atoms with Crippen LogP contribution in [0.4, 0.5) is 0 Å². The summed E-state index contributed by atoms with van der Waals surface area (Å²) in [4.78, 5) is 11.9. The van der Waals surface area contributed by atoms with Crippen LogP contribution >= 0.6 is 0 Å². The lowest BCUT2D eigenvalue weighted by Crippen LogP contribution is -2.59. The van der Waals surface area contributed by atoms with E-state index in [0.29, 0.717) is 25.7 Å². The van der Waals surface area contributed by atoms with Crippen LogP contribution in [0.3, 0.4) is 0 Å². The molecule has 0 bridgehead atoms. The number of carbonyl (C=O) groups excluding carboxylic acids is 1. The molecular formula is C23H32O6. The van der Waals surface area contributed by atoms with Crippen molar-refractivity contribution in [3.63, 3.8) is 0 Å². The summed E-state index contributed by atoms with van der Waals surface area (Å²) in [6, 6.07) is 0. The Kier molecular flexibility index (Phi) is 4.62. The van der Waals surface area contributed by atoms with E-state index in [1.807, 2.05) is 6.92 Å². The van der Waals surface area contributed by atoms with Crippen LogP contribution in [0.15, 0.2) is 11.3 Å². The van der Waals surface area contributed by atoms with E-state index in [9.17, 15) is 25.2 Å². The fraction of sp³-hybridized carbons (Fsp3) is 0.783. The van der Waals surface area contributed by atoms with Crippen molar-refractivity contribution in [3.8, 4) is 12.3 Å². The molecule has 0 spiro atoms. The Morgan fingerprint density at radius 2 is 1.90 bits per heavy atom. The van der Waals surface area contributed by atoms with Crippen LogP contribution in [0.1, 0.15) is 59.3 Å². The van der Waals surface area contributed by atoms with Gasteiger partial charge in [-0.2, -0.15) is 0 Å². The summed E-state index contributed by atoms with van der Waals surface area (Å²) in [5, 5.41) is 42.8. The predicted octanol–water partition coefficient (Wildman–Crippen LogP) is 2.07. The Labute approximate surface area is 172 Å². The zero-order valence-corrected chi connectivity index (χ0v) is 17.4. The van der Waals surface area contributed by atoms with Gasteiger partial charge in [0, 0.05) is 24.7 Å². The second-order valence-corrected chi connectivity index (χ2v) is 10.1. The minimum absolute atomic E-state index is 0.0225. The molecule has 0 aromatic heterocycles. The molecular weight excluding hydrogens is 372 g/mol. The number of aliphatic hydroxyl groups is 4. The number of ether oxygens (including phenoxy) is 1. The molecule has 0 saturated heterocycles. The van der Waals surface area contributed by atoms with Gasteiger partial charge in [-0.1, -0.05) is 19.8 Å². The molecule has 3 saturated carbocycles. The highest BCUT2D eigenvalue weighted by molar-refractivity contribution is 5.66. The fourth-order valence-electron chi connectivity index (χ4n) is 7.38. The van der Waals surface area contributed by atoms with E-state index >= 15 is 0 Å². The maximum Gasteiger partial charge on any atom is 0.302 e. The molecule has 6 nitrogen and oxygen atoms in total. The van der Waals surface area contributed by atoms with E-state index in [0.717, 1.165) is 18.4 Å². The van der Waals surface area contributed by atoms with Crippen LogP contribution in [-0.4, -0.2) is 50.3 Å². The third-order valence-electron chi connectivity index (χ3n) is 8.99. The van der Waals surface area contributed by atoms with Gasteiger partial charge in [0.05, 0.1) is 6.10 Å². The van der Waals surface area contributed by atoms with Gasteiger partial charge in [0.1, 0.15) is 18.0 Å². The van der Waals surface area contributed by atoms with Crippen molar-refractivity contribution in [2.75, 3.05) is 0 Å². The number of terminal acetylenes is 1. The summed E-state index contributed by atoms with van der Waals surface area (Å²) in [6.45, 7) is 5.45. The number of carbonyl (C=O) groups is 1. The summed E-state index contributed by atoms with van der Waals surface area (Å²) in [5.41, 5.74) is -1.80. The maximum absolute atomic E-state index is 11.9. The van der Waals surface area contributed by atoms with Crippen molar-refractivity contribution < 1.29 is 30.0 Å². The maximum atomic E-state index is 11.9. The molecule has 0 heterocycles. The zero-order valence-electron chi connectivity index (χ0n) is 17.4. The average Bonchev–Trinajstić information content (AvgIpc) is 2.87. The SMILES string of the molecule is C#CC1(O)C(O)C[C@H]2[C@@H]3C(OC(C)=O)CC4=C(O)C(O)CC[C@]4(C)[C@@H]3CC[C@@]21C. The van der Waals surface area contributed by atoms with Crippen LogP contribution in [0.2, 0.25) is 0 Å². The van der Waals surface area contributed by atoms with Crippen molar-refractivity contribution in [2.24, 2.45) is 28.6 Å². The van der Waals surface area contributed by atoms with E-state index in [-0.39, 0.29) is 28.9 Å². The number of esters is 1. The standard InChI is InChI=1S/C23H32O6/c1-5-23(28)18(26)11-14-19-13(6-9-22(14,23)4)21(3)8-7-16(25)20(27)15(21)10-17(19)29-12(2)24/h1,13-14,16-19,25-28H,6-11H2,2-4H3/t13-,14+,16?,17?,18?,19-,21-,22+,23?/m1/s1. The summed E-state index contributed by atoms with van der Waals surface area (Å²) >= 11 is 0. The highest BCUT2D eigenvalue weighted by atomic mass is 16.5. The Morgan fingerprint density at radius 1 is 1.21 bits per heavy atom. The van der Waals surface area contributed by atoms with Crippen LogP contribution < -0.4 is 0 Å². The first-order chi connectivity index (χ1) is 13.5. The second-order valence-electron chi connectivity index (χ2n) is 10.1. The molecule has 4 aliphatic carbocycles. The van der Waals surface area contributed by atoms with Crippen LogP contribution in [0, 0.1) is 40.9 Å². The highest BCUT2D eigenvalue weighted by Crippen LogP contribution is 2.68. The van der Waals surface area contributed by atoms with Gasteiger partial charge in [-0.15, -0.1) is 6.42 Å². The summed E-state index contributed by atoms with van der Waals surface area (Å²) in [5.74, 6) is 2.03. The molecule has 0 radical (unpaired) electrons. The highest BCUT2D eigenvalue weighted by Gasteiger charge is 2.69. The van der Waals surface area contributed by atoms with E-state index < -0.39 is 35.3 Å². The van der Waals surface area contributed by atoms with Gasteiger partial charge < -0.3 is 25.2 Å². The lowest BCUT2D eigenvalue weighted by molar-refractivity contribution is -0.174. The first-order valence-corrected chi connectivity index (χ1v) is 10.7. The van der Waals surface area contributed by atoms with Crippen molar-refractivity contribution in [1.82, 2.24) is 0 Å². The van der Waals surface area contributed by atoms with Gasteiger partial charge in [0.25, 0.3) is 0 Å². The van der Waals surface area contributed by atoms with Crippen molar-refractivity contribution in [2.45, 2.75) is 83.2 Å². The number of fused-ring (bicyclic) bond motifs is 5. The summed E-state index contributed by atoms with van der Waals surface area (Å²) in [6.07, 6.45) is 6.66. The molecule has 29 heavy (non-hydrogen) atoms. The van der Waals surface area contributed by atoms with Crippen molar-refractivity contribution in [1.29, 1.82) is 0 Å². The van der Waals surface area contributed by atoms with Crippen molar-refractivity contribution >= 4 is 5.97 Å². The minimum Gasteiger partial charge on any atom is -0.510 e. The van der Waals surface area contributed by atoms with Gasteiger partial charge in [-0.05, 0) is 54.9 Å². The summed E-state index contributed by atoms with van der Waals surface area (Å²) < 4.78 is 5.75. The van der Waals surface area contributed by atoms with E-state index in [4.69, 9.17) is 11.2 Å².